The maximum absolute atomic E-state index is 12.5. The number of rotatable bonds is 7. The lowest BCUT2D eigenvalue weighted by atomic mass is 10.0. The van der Waals surface area contributed by atoms with Gasteiger partial charge in [0.15, 0.2) is 0 Å². The van der Waals surface area contributed by atoms with Crippen molar-refractivity contribution in [2.75, 3.05) is 12.4 Å². The Kier molecular flexibility index (Phi) is 6.79. The summed E-state index contributed by atoms with van der Waals surface area (Å²) in [5, 5.41) is 14.8. The number of para-hydroxylation sites is 1. The standard InChI is InChI=1S/C19H19ClN2O5/c1-11(23)21-15-6-4-3-5-13(15)18(24)22-16(19(25)26)10-12-7-8-17(27-2)14(20)9-12/h3-9,16H,10H2,1-2H3,(H,21,23)(H,22,24)(H,25,26)/t16-/m1/s1. The number of halogens is 1. The van der Waals surface area contributed by atoms with Crippen LogP contribution in [0.4, 0.5) is 5.69 Å². The van der Waals surface area contributed by atoms with Crippen LogP contribution in [0, 0.1) is 0 Å². The van der Waals surface area contributed by atoms with E-state index in [-0.39, 0.29) is 17.9 Å². The van der Waals surface area contributed by atoms with E-state index in [9.17, 15) is 19.5 Å². The van der Waals surface area contributed by atoms with Crippen LogP contribution in [0.5, 0.6) is 5.75 Å². The molecule has 0 aliphatic rings. The second kappa shape index (κ2) is 9.05. The number of amides is 2. The van der Waals surface area contributed by atoms with Crippen molar-refractivity contribution in [1.82, 2.24) is 5.32 Å². The van der Waals surface area contributed by atoms with Gasteiger partial charge in [-0.25, -0.2) is 4.79 Å². The van der Waals surface area contributed by atoms with E-state index in [0.717, 1.165) is 0 Å². The predicted octanol–water partition coefficient (Wildman–Crippen LogP) is 2.73. The number of benzene rings is 2. The summed E-state index contributed by atoms with van der Waals surface area (Å²) in [6.45, 7) is 1.32. The third-order valence-corrected chi connectivity index (χ3v) is 4.04. The molecule has 2 rings (SSSR count). The monoisotopic (exact) mass is 390 g/mol. The summed E-state index contributed by atoms with van der Waals surface area (Å²) < 4.78 is 5.07. The fourth-order valence-electron chi connectivity index (χ4n) is 2.49. The number of aliphatic carboxylic acids is 1. The number of anilines is 1. The van der Waals surface area contributed by atoms with E-state index in [2.05, 4.69) is 10.6 Å². The molecule has 3 N–H and O–H groups in total. The minimum atomic E-state index is -1.19. The molecule has 0 unspecified atom stereocenters. The van der Waals surface area contributed by atoms with Gasteiger partial charge in [-0.2, -0.15) is 0 Å². The molecule has 0 radical (unpaired) electrons. The average Bonchev–Trinajstić information content (AvgIpc) is 2.61. The maximum atomic E-state index is 12.5. The zero-order chi connectivity index (χ0) is 20.0. The Balaban J connectivity index is 2.19. The molecule has 0 bridgehead atoms. The molecule has 2 amide bonds. The second-order valence-electron chi connectivity index (χ2n) is 5.76. The quantitative estimate of drug-likeness (QED) is 0.674. The van der Waals surface area contributed by atoms with Gasteiger partial charge in [-0.15, -0.1) is 0 Å². The molecule has 0 aliphatic carbocycles. The molecule has 0 saturated carbocycles. The lowest BCUT2D eigenvalue weighted by Gasteiger charge is -2.17. The fourth-order valence-corrected chi connectivity index (χ4v) is 2.77. The van der Waals surface area contributed by atoms with Crippen LogP contribution >= 0.6 is 11.6 Å². The van der Waals surface area contributed by atoms with E-state index >= 15 is 0 Å². The molecule has 0 aliphatic heterocycles. The van der Waals surface area contributed by atoms with E-state index in [4.69, 9.17) is 16.3 Å². The third-order valence-electron chi connectivity index (χ3n) is 3.74. The first-order chi connectivity index (χ1) is 12.8. The highest BCUT2D eigenvalue weighted by Gasteiger charge is 2.23. The molecule has 8 heteroatoms. The van der Waals surface area contributed by atoms with Crippen molar-refractivity contribution < 1.29 is 24.2 Å². The zero-order valence-electron chi connectivity index (χ0n) is 14.8. The molecule has 0 saturated heterocycles. The van der Waals surface area contributed by atoms with Gasteiger partial charge in [0.05, 0.1) is 23.4 Å². The number of ether oxygens (including phenoxy) is 1. The Morgan fingerprint density at radius 1 is 1.19 bits per heavy atom. The Bertz CT molecular complexity index is 869. The number of nitrogens with one attached hydrogen (secondary N) is 2. The summed E-state index contributed by atoms with van der Waals surface area (Å²) in [7, 11) is 1.48. The van der Waals surface area contributed by atoms with Crippen molar-refractivity contribution >= 4 is 35.1 Å². The third kappa shape index (κ3) is 5.46. The first-order valence-electron chi connectivity index (χ1n) is 8.04. The molecular weight excluding hydrogens is 372 g/mol. The number of methoxy groups -OCH3 is 1. The molecule has 142 valence electrons. The van der Waals surface area contributed by atoms with Crippen LogP contribution in [0.25, 0.3) is 0 Å². The van der Waals surface area contributed by atoms with Crippen LogP contribution in [-0.4, -0.2) is 36.0 Å². The lowest BCUT2D eigenvalue weighted by Crippen LogP contribution is -2.42. The summed E-state index contributed by atoms with van der Waals surface area (Å²) in [5.41, 5.74) is 1.11. The van der Waals surface area contributed by atoms with E-state index < -0.39 is 17.9 Å². The Morgan fingerprint density at radius 2 is 1.89 bits per heavy atom. The Labute approximate surface area is 161 Å². The van der Waals surface area contributed by atoms with E-state index in [1.807, 2.05) is 0 Å². The van der Waals surface area contributed by atoms with E-state index in [0.29, 0.717) is 22.0 Å². The first kappa shape index (κ1) is 20.3. The van der Waals surface area contributed by atoms with Crippen LogP contribution in [-0.2, 0) is 16.0 Å². The number of hydrogen-bond acceptors (Lipinski definition) is 4. The van der Waals surface area contributed by atoms with E-state index in [1.54, 1.807) is 36.4 Å². The Morgan fingerprint density at radius 3 is 2.48 bits per heavy atom. The predicted molar refractivity (Wildman–Crippen MR) is 101 cm³/mol. The summed E-state index contributed by atoms with van der Waals surface area (Å²) in [5.74, 6) is -1.66. The van der Waals surface area contributed by atoms with Crippen molar-refractivity contribution in [3.8, 4) is 5.75 Å². The normalized spacial score (nSPS) is 11.4. The summed E-state index contributed by atoms with van der Waals surface area (Å²) in [4.78, 5) is 35.4. The smallest absolute Gasteiger partial charge is 0.326 e. The van der Waals surface area contributed by atoms with Crippen molar-refractivity contribution in [2.45, 2.75) is 19.4 Å². The van der Waals surface area contributed by atoms with Crippen LogP contribution in [0.1, 0.15) is 22.8 Å². The van der Waals surface area contributed by atoms with Gasteiger partial charge in [-0.3, -0.25) is 9.59 Å². The number of carbonyl (C=O) groups is 3. The zero-order valence-corrected chi connectivity index (χ0v) is 15.5. The topological polar surface area (TPSA) is 105 Å². The number of carboxylic acid groups (broad SMARTS) is 1. The van der Waals surface area contributed by atoms with Gasteiger partial charge in [0, 0.05) is 13.3 Å². The van der Waals surface area contributed by atoms with Crippen molar-refractivity contribution in [3.63, 3.8) is 0 Å². The summed E-state index contributed by atoms with van der Waals surface area (Å²) >= 11 is 6.06. The first-order valence-corrected chi connectivity index (χ1v) is 8.42. The molecule has 0 aromatic heterocycles. The minimum absolute atomic E-state index is 0.0348. The van der Waals surface area contributed by atoms with Gasteiger partial charge >= 0.3 is 5.97 Å². The van der Waals surface area contributed by atoms with Gasteiger partial charge in [0.2, 0.25) is 5.91 Å². The molecule has 0 heterocycles. The average molecular weight is 391 g/mol. The molecule has 0 fully saturated rings. The van der Waals surface area contributed by atoms with Crippen LogP contribution in [0.15, 0.2) is 42.5 Å². The van der Waals surface area contributed by atoms with Gasteiger partial charge in [-0.1, -0.05) is 29.8 Å². The largest absolute Gasteiger partial charge is 0.495 e. The van der Waals surface area contributed by atoms with Gasteiger partial charge in [0.1, 0.15) is 11.8 Å². The Hall–Kier alpha value is -3.06. The minimum Gasteiger partial charge on any atom is -0.495 e. The van der Waals surface area contributed by atoms with Crippen LogP contribution in [0.2, 0.25) is 5.02 Å². The van der Waals surface area contributed by atoms with Crippen LogP contribution < -0.4 is 15.4 Å². The molecular formula is C19H19ClN2O5. The van der Waals surface area contributed by atoms with Crippen molar-refractivity contribution in [2.24, 2.45) is 0 Å². The fraction of sp³-hybridized carbons (Fsp3) is 0.211. The molecule has 0 spiro atoms. The van der Waals surface area contributed by atoms with Crippen LogP contribution in [0.3, 0.4) is 0 Å². The number of carbonyl (C=O) groups excluding carboxylic acids is 2. The van der Waals surface area contributed by atoms with Gasteiger partial charge in [-0.05, 0) is 29.8 Å². The summed E-state index contributed by atoms with van der Waals surface area (Å²) in [6.07, 6.45) is 0.0348. The van der Waals surface area contributed by atoms with Gasteiger partial charge < -0.3 is 20.5 Å². The van der Waals surface area contributed by atoms with E-state index in [1.165, 1.54) is 20.1 Å². The molecule has 7 nitrogen and oxygen atoms in total. The number of hydrogen-bond donors (Lipinski definition) is 3. The highest BCUT2D eigenvalue weighted by molar-refractivity contribution is 6.32. The van der Waals surface area contributed by atoms with Crippen molar-refractivity contribution in [1.29, 1.82) is 0 Å². The molecule has 27 heavy (non-hydrogen) atoms. The maximum Gasteiger partial charge on any atom is 0.326 e. The highest BCUT2D eigenvalue weighted by atomic mass is 35.5. The molecule has 2 aromatic rings. The summed E-state index contributed by atoms with van der Waals surface area (Å²) in [6, 6.07) is 10.1. The van der Waals surface area contributed by atoms with Crippen molar-refractivity contribution in [3.05, 3.63) is 58.6 Å². The lowest BCUT2D eigenvalue weighted by molar-refractivity contribution is -0.139. The highest BCUT2D eigenvalue weighted by Crippen LogP contribution is 2.25. The molecule has 1 atom stereocenters. The number of carboxylic acids is 1. The second-order valence-corrected chi connectivity index (χ2v) is 6.17. The SMILES string of the molecule is COc1ccc(C[C@@H](NC(=O)c2ccccc2NC(C)=O)C(=O)O)cc1Cl. The molecule has 2 aromatic carbocycles. The van der Waals surface area contributed by atoms with Gasteiger partial charge in [0.25, 0.3) is 5.91 Å².